The Morgan fingerprint density at radius 2 is 1.97 bits per heavy atom. The molecule has 5 atom stereocenters. The Morgan fingerprint density at radius 3 is 2.67 bits per heavy atom. The average Bonchev–Trinajstić information content (AvgIpc) is 3.43. The zero-order valence-electron chi connectivity index (χ0n) is 16.6. The molecule has 2 aromatic rings. The number of ketones is 1. The van der Waals surface area contributed by atoms with Gasteiger partial charge in [-0.25, -0.2) is 0 Å². The summed E-state index contributed by atoms with van der Waals surface area (Å²) in [6.07, 6.45) is 4.58. The Balaban J connectivity index is 1.66. The molecule has 2 amide bonds. The molecule has 0 radical (unpaired) electrons. The van der Waals surface area contributed by atoms with Crippen LogP contribution in [0.25, 0.3) is 6.08 Å². The Labute approximate surface area is 183 Å². The predicted octanol–water partition coefficient (Wildman–Crippen LogP) is 4.27. The highest BCUT2D eigenvalue weighted by Gasteiger charge is 2.64. The molecule has 0 unspecified atom stereocenters. The molecule has 154 valence electrons. The number of nitrogens with zero attached hydrogens (tertiary/aromatic N) is 2. The molecule has 1 aromatic carbocycles. The first-order valence-corrected chi connectivity index (χ1v) is 11.4. The smallest absolute Gasteiger partial charge is 0.236 e. The van der Waals surface area contributed by atoms with Gasteiger partial charge in [0.1, 0.15) is 6.04 Å². The molecule has 1 aromatic heterocycles. The van der Waals surface area contributed by atoms with E-state index in [-0.39, 0.29) is 29.7 Å². The summed E-state index contributed by atoms with van der Waals surface area (Å²) in [4.78, 5) is 44.5. The lowest BCUT2D eigenvalue weighted by Crippen LogP contribution is -2.50. The fourth-order valence-corrected chi connectivity index (χ4v) is 5.93. The fraction of sp³-hybridized carbons (Fsp3) is 0.348. The Bertz CT molecular complexity index is 1080. The molecule has 0 aliphatic carbocycles. The fourth-order valence-electron chi connectivity index (χ4n) is 5.05. The van der Waals surface area contributed by atoms with E-state index in [1.54, 1.807) is 12.1 Å². The summed E-state index contributed by atoms with van der Waals surface area (Å²) < 4.78 is 0. The molecule has 30 heavy (non-hydrogen) atoms. The maximum atomic E-state index is 13.6. The van der Waals surface area contributed by atoms with Crippen molar-refractivity contribution in [2.45, 2.75) is 38.4 Å². The third-order valence-electron chi connectivity index (χ3n) is 6.57. The van der Waals surface area contributed by atoms with Gasteiger partial charge in [-0.05, 0) is 48.6 Å². The summed E-state index contributed by atoms with van der Waals surface area (Å²) in [5.41, 5.74) is 1.73. The van der Waals surface area contributed by atoms with Crippen LogP contribution in [0.3, 0.4) is 0 Å². The zero-order valence-corrected chi connectivity index (χ0v) is 18.2. The second-order valence-corrected chi connectivity index (χ2v) is 9.49. The van der Waals surface area contributed by atoms with E-state index in [0.29, 0.717) is 16.3 Å². The first-order valence-electron chi connectivity index (χ1n) is 10.1. The molecule has 3 aliphatic rings. The van der Waals surface area contributed by atoms with Crippen molar-refractivity contribution in [3.05, 3.63) is 57.3 Å². The maximum absolute atomic E-state index is 13.6. The van der Waals surface area contributed by atoms with Gasteiger partial charge in [-0.15, -0.1) is 11.3 Å². The van der Waals surface area contributed by atoms with Gasteiger partial charge in [0.15, 0.2) is 5.78 Å². The molecule has 2 fully saturated rings. The minimum absolute atomic E-state index is 0.106. The Morgan fingerprint density at radius 1 is 1.20 bits per heavy atom. The number of amides is 2. The minimum Gasteiger partial charge on any atom is -0.352 e. The molecule has 5 rings (SSSR count). The number of carbonyl (C=O) groups excluding carboxylic acids is 3. The summed E-state index contributed by atoms with van der Waals surface area (Å²) in [7, 11) is 0. The van der Waals surface area contributed by atoms with Crippen LogP contribution in [0.4, 0.5) is 5.69 Å². The van der Waals surface area contributed by atoms with E-state index in [1.807, 2.05) is 54.5 Å². The number of imide groups is 1. The van der Waals surface area contributed by atoms with Crippen LogP contribution in [0.15, 0.2) is 41.8 Å². The lowest BCUT2D eigenvalue weighted by atomic mass is 9.87. The van der Waals surface area contributed by atoms with Crippen molar-refractivity contribution in [3.8, 4) is 0 Å². The summed E-state index contributed by atoms with van der Waals surface area (Å²) in [6, 6.07) is 7.90. The number of likely N-dealkylation sites (tertiary alicyclic amines) is 1. The normalized spacial score (nSPS) is 27.8. The lowest BCUT2D eigenvalue weighted by Gasteiger charge is -2.37. The second kappa shape index (κ2) is 7.06. The SMILES string of the molecule is CC[C@H](C)N1C(=O)[C@@H]2[C@H](C1=O)[C@@H]1C=Cc3cc(Cl)ccc3N1[C@@H]2C(=O)c1cccs1. The highest BCUT2D eigenvalue weighted by atomic mass is 35.5. The number of thiophene rings is 1. The molecular formula is C23H21ClN2O3S. The van der Waals surface area contributed by atoms with Gasteiger partial charge < -0.3 is 4.90 Å². The predicted molar refractivity (Wildman–Crippen MR) is 118 cm³/mol. The van der Waals surface area contributed by atoms with E-state index in [1.165, 1.54) is 16.2 Å². The van der Waals surface area contributed by atoms with Crippen LogP contribution in [-0.4, -0.2) is 40.6 Å². The van der Waals surface area contributed by atoms with Crippen LogP contribution in [0.2, 0.25) is 5.02 Å². The van der Waals surface area contributed by atoms with E-state index in [4.69, 9.17) is 11.6 Å². The topological polar surface area (TPSA) is 57.7 Å². The molecule has 0 bridgehead atoms. The van der Waals surface area contributed by atoms with E-state index in [0.717, 1.165) is 11.3 Å². The molecule has 0 N–H and O–H groups in total. The first kappa shape index (κ1) is 19.5. The second-order valence-electron chi connectivity index (χ2n) is 8.10. The molecule has 3 aliphatic heterocycles. The number of hydrogen-bond donors (Lipinski definition) is 0. The molecule has 7 heteroatoms. The monoisotopic (exact) mass is 440 g/mol. The number of fused-ring (bicyclic) bond motifs is 5. The van der Waals surface area contributed by atoms with Gasteiger partial charge in [-0.3, -0.25) is 19.3 Å². The number of rotatable bonds is 4. The van der Waals surface area contributed by atoms with E-state index in [2.05, 4.69) is 0 Å². The Kier molecular flexibility index (Phi) is 4.60. The summed E-state index contributed by atoms with van der Waals surface area (Å²) in [5, 5.41) is 2.46. The molecule has 0 saturated carbocycles. The van der Waals surface area contributed by atoms with Gasteiger partial charge >= 0.3 is 0 Å². The van der Waals surface area contributed by atoms with Gasteiger partial charge in [-0.2, -0.15) is 0 Å². The highest BCUT2D eigenvalue weighted by Crippen LogP contribution is 2.50. The average molecular weight is 441 g/mol. The number of anilines is 1. The van der Waals surface area contributed by atoms with Crippen LogP contribution in [-0.2, 0) is 9.59 Å². The quantitative estimate of drug-likeness (QED) is 0.526. The van der Waals surface area contributed by atoms with Crippen molar-refractivity contribution in [1.29, 1.82) is 0 Å². The third kappa shape index (κ3) is 2.63. The van der Waals surface area contributed by atoms with E-state index in [9.17, 15) is 14.4 Å². The van der Waals surface area contributed by atoms with Crippen molar-refractivity contribution in [3.63, 3.8) is 0 Å². The molecule has 0 spiro atoms. The van der Waals surface area contributed by atoms with Crippen molar-refractivity contribution >= 4 is 52.3 Å². The number of benzene rings is 1. The van der Waals surface area contributed by atoms with Gasteiger partial charge in [0.05, 0.1) is 22.8 Å². The highest BCUT2D eigenvalue weighted by molar-refractivity contribution is 7.12. The molecule has 2 saturated heterocycles. The van der Waals surface area contributed by atoms with Crippen LogP contribution < -0.4 is 4.90 Å². The van der Waals surface area contributed by atoms with E-state index < -0.39 is 17.9 Å². The number of Topliss-reactive ketones (excluding diaryl/α,β-unsaturated/α-hetero) is 1. The van der Waals surface area contributed by atoms with Crippen LogP contribution >= 0.6 is 22.9 Å². The largest absolute Gasteiger partial charge is 0.352 e. The van der Waals surface area contributed by atoms with Gasteiger partial charge in [0.2, 0.25) is 11.8 Å². The summed E-state index contributed by atoms with van der Waals surface area (Å²) >= 11 is 7.54. The van der Waals surface area contributed by atoms with Crippen molar-refractivity contribution in [1.82, 2.24) is 4.90 Å². The van der Waals surface area contributed by atoms with Gasteiger partial charge in [0, 0.05) is 16.8 Å². The van der Waals surface area contributed by atoms with Crippen molar-refractivity contribution in [2.75, 3.05) is 4.90 Å². The number of halogens is 1. The minimum atomic E-state index is -0.714. The van der Waals surface area contributed by atoms with E-state index >= 15 is 0 Å². The summed E-state index contributed by atoms with van der Waals surface area (Å²) in [6.45, 7) is 3.85. The molecule has 5 nitrogen and oxygen atoms in total. The number of carbonyl (C=O) groups is 3. The third-order valence-corrected chi connectivity index (χ3v) is 7.69. The molecule has 4 heterocycles. The standard InChI is InChI=1S/C23H21ClN2O3S/c1-3-12(2)25-22(28)18-16-8-6-13-11-14(24)7-9-15(13)26(16)20(19(18)23(25)29)21(27)17-5-4-10-30-17/h4-12,16,18-20H,3H2,1-2H3/t12-,16-,18+,19+,20-/m0/s1. The number of hydrogen-bond acceptors (Lipinski definition) is 5. The van der Waals surface area contributed by atoms with Gasteiger partial charge in [0.25, 0.3) is 0 Å². The first-order chi connectivity index (χ1) is 14.4. The lowest BCUT2D eigenvalue weighted by molar-refractivity contribution is -0.142. The summed E-state index contributed by atoms with van der Waals surface area (Å²) in [5.74, 6) is -1.74. The van der Waals surface area contributed by atoms with Crippen molar-refractivity contribution < 1.29 is 14.4 Å². The van der Waals surface area contributed by atoms with Crippen molar-refractivity contribution in [2.24, 2.45) is 11.8 Å². The maximum Gasteiger partial charge on any atom is 0.236 e. The zero-order chi connectivity index (χ0) is 21.2. The van der Waals surface area contributed by atoms with Crippen LogP contribution in [0.1, 0.15) is 35.5 Å². The Hall–Kier alpha value is -2.44. The molecular weight excluding hydrogens is 420 g/mol. The van der Waals surface area contributed by atoms with Crippen LogP contribution in [0.5, 0.6) is 0 Å². The van der Waals surface area contributed by atoms with Gasteiger partial charge in [-0.1, -0.05) is 36.7 Å². The van der Waals surface area contributed by atoms with Crippen LogP contribution in [0, 0.1) is 11.8 Å².